The Bertz CT molecular complexity index is 1520. The maximum atomic E-state index is 6.42. The summed E-state index contributed by atoms with van der Waals surface area (Å²) in [5.41, 5.74) is 4.33. The molecule has 0 aliphatic carbocycles. The van der Waals surface area contributed by atoms with Gasteiger partial charge in [0, 0.05) is 25.7 Å². The standard InChI is InChI=1S/C49H60O4S4/c1-37(41-17-9-5-10-18-41)25-29-45(54)50-33-49(34-51-46(55)30-26-38(2)42-19-11-6-12-20-42,35-52-47(56)31-27-39(3)43-21-13-7-14-22-43)36-53-48(57)32-28-40(4)44-23-15-8-16-24-44/h5-24,37-40H,25-36H2,1-4H3. The first-order chi connectivity index (χ1) is 27.5. The third-order valence-electron chi connectivity index (χ3n) is 10.8. The zero-order chi connectivity index (χ0) is 40.9. The third-order valence-corrected chi connectivity index (χ3v) is 12.0. The van der Waals surface area contributed by atoms with Gasteiger partial charge in [-0.2, -0.15) is 0 Å². The van der Waals surface area contributed by atoms with Crippen molar-refractivity contribution < 1.29 is 18.9 Å². The van der Waals surface area contributed by atoms with Gasteiger partial charge in [0.05, 0.1) is 0 Å². The van der Waals surface area contributed by atoms with Crippen LogP contribution in [0, 0.1) is 5.41 Å². The molecule has 4 atom stereocenters. The van der Waals surface area contributed by atoms with E-state index in [9.17, 15) is 0 Å². The fraction of sp³-hybridized carbons (Fsp3) is 0.429. The lowest BCUT2D eigenvalue weighted by Crippen LogP contribution is -2.43. The van der Waals surface area contributed by atoms with Crippen LogP contribution in [0.3, 0.4) is 0 Å². The van der Waals surface area contributed by atoms with Crippen LogP contribution in [-0.4, -0.2) is 46.6 Å². The van der Waals surface area contributed by atoms with Crippen molar-refractivity contribution in [2.75, 3.05) is 26.4 Å². The van der Waals surface area contributed by atoms with E-state index in [-0.39, 0.29) is 26.4 Å². The molecule has 0 bridgehead atoms. The molecule has 0 spiro atoms. The van der Waals surface area contributed by atoms with Crippen LogP contribution in [-0.2, 0) is 18.9 Å². The highest BCUT2D eigenvalue weighted by Crippen LogP contribution is 2.28. The predicted octanol–water partition coefficient (Wildman–Crippen LogP) is 13.7. The van der Waals surface area contributed by atoms with E-state index in [1.54, 1.807) is 0 Å². The highest BCUT2D eigenvalue weighted by atomic mass is 32.1. The number of hydrogen-bond acceptors (Lipinski definition) is 8. The van der Waals surface area contributed by atoms with Crippen molar-refractivity contribution in [3.05, 3.63) is 144 Å². The molecule has 0 heterocycles. The van der Waals surface area contributed by atoms with Crippen molar-refractivity contribution in [3.8, 4) is 0 Å². The molecule has 304 valence electrons. The van der Waals surface area contributed by atoms with Gasteiger partial charge in [-0.1, -0.05) is 149 Å². The third kappa shape index (κ3) is 17.1. The molecule has 0 aromatic heterocycles. The van der Waals surface area contributed by atoms with Gasteiger partial charge in [0.2, 0.25) is 0 Å². The van der Waals surface area contributed by atoms with Crippen LogP contribution in [0.25, 0.3) is 0 Å². The van der Waals surface area contributed by atoms with E-state index in [0.29, 0.717) is 69.6 Å². The maximum Gasteiger partial charge on any atom is 0.159 e. The fourth-order valence-electron chi connectivity index (χ4n) is 6.60. The lowest BCUT2D eigenvalue weighted by atomic mass is 9.91. The second kappa shape index (κ2) is 25.0. The molecule has 0 aliphatic heterocycles. The van der Waals surface area contributed by atoms with Gasteiger partial charge in [0.25, 0.3) is 0 Å². The van der Waals surface area contributed by atoms with E-state index in [0.717, 1.165) is 25.7 Å². The molecule has 4 nitrogen and oxygen atoms in total. The Balaban J connectivity index is 1.46. The summed E-state index contributed by atoms with van der Waals surface area (Å²) < 4.78 is 25.7. The predicted molar refractivity (Wildman–Crippen MR) is 253 cm³/mol. The molecule has 0 saturated carbocycles. The number of benzene rings is 4. The molecule has 0 aliphatic rings. The van der Waals surface area contributed by atoms with Gasteiger partial charge >= 0.3 is 0 Å². The lowest BCUT2D eigenvalue weighted by Gasteiger charge is -2.33. The maximum absolute atomic E-state index is 6.42. The lowest BCUT2D eigenvalue weighted by molar-refractivity contribution is -0.0163. The molecule has 4 aromatic rings. The summed E-state index contributed by atoms with van der Waals surface area (Å²) in [7, 11) is 0. The number of rotatable bonds is 24. The first-order valence-corrected chi connectivity index (χ1v) is 22.0. The van der Waals surface area contributed by atoms with E-state index in [1.165, 1.54) is 22.3 Å². The summed E-state index contributed by atoms with van der Waals surface area (Å²) in [6.45, 7) is 9.71. The van der Waals surface area contributed by atoms with Crippen molar-refractivity contribution in [1.29, 1.82) is 0 Å². The quantitative estimate of drug-likeness (QED) is 0.0646. The molecular formula is C49H60O4S4. The Kier molecular flexibility index (Phi) is 20.3. The molecule has 4 rings (SSSR count). The molecular weight excluding hydrogens is 781 g/mol. The van der Waals surface area contributed by atoms with Crippen LogP contribution >= 0.6 is 48.9 Å². The highest BCUT2D eigenvalue weighted by molar-refractivity contribution is 7.80. The largest absolute Gasteiger partial charge is 0.486 e. The Labute approximate surface area is 364 Å². The van der Waals surface area contributed by atoms with Gasteiger partial charge in [0.15, 0.2) is 20.2 Å². The molecule has 0 radical (unpaired) electrons. The van der Waals surface area contributed by atoms with Crippen molar-refractivity contribution >= 4 is 69.1 Å². The minimum atomic E-state index is -0.797. The SMILES string of the molecule is CC(CCC(=S)OCC(COC(=S)CCC(C)c1ccccc1)(COC(=S)CCC(C)c1ccccc1)COC(=S)CCC(C)c1ccccc1)c1ccccc1. The summed E-state index contributed by atoms with van der Waals surface area (Å²) in [4.78, 5) is 0. The summed E-state index contributed by atoms with van der Waals surface area (Å²) in [6.07, 6.45) is 6.06. The van der Waals surface area contributed by atoms with Crippen LogP contribution in [0.5, 0.6) is 0 Å². The molecule has 0 N–H and O–H groups in total. The molecule has 0 saturated heterocycles. The van der Waals surface area contributed by atoms with E-state index in [4.69, 9.17) is 67.8 Å². The Morgan fingerprint density at radius 1 is 0.368 bits per heavy atom. The fourth-order valence-corrected chi connectivity index (χ4v) is 7.31. The molecule has 4 unspecified atom stereocenters. The Hall–Kier alpha value is -3.56. The van der Waals surface area contributed by atoms with Crippen molar-refractivity contribution in [2.45, 2.75) is 103 Å². The smallest absolute Gasteiger partial charge is 0.159 e. The van der Waals surface area contributed by atoms with E-state index >= 15 is 0 Å². The molecule has 57 heavy (non-hydrogen) atoms. The second-order valence-corrected chi connectivity index (χ2v) is 17.4. The van der Waals surface area contributed by atoms with Crippen molar-refractivity contribution in [1.82, 2.24) is 0 Å². The number of thiocarbonyl (C=S) groups is 4. The minimum absolute atomic E-state index is 0.209. The van der Waals surface area contributed by atoms with Crippen LogP contribution in [0.1, 0.15) is 125 Å². The molecule has 0 amide bonds. The summed E-state index contributed by atoms with van der Waals surface area (Å²) in [6, 6.07) is 42.0. The van der Waals surface area contributed by atoms with Crippen LogP contribution < -0.4 is 0 Å². The summed E-state index contributed by atoms with van der Waals surface area (Å²) in [5.74, 6) is 1.37. The number of ether oxygens (including phenoxy) is 4. The molecule has 0 fully saturated rings. The van der Waals surface area contributed by atoms with E-state index in [1.807, 2.05) is 24.3 Å². The normalized spacial score (nSPS) is 14.2. The Morgan fingerprint density at radius 2 is 0.561 bits per heavy atom. The van der Waals surface area contributed by atoms with Gasteiger partial charge < -0.3 is 18.9 Å². The number of hydrogen-bond donors (Lipinski definition) is 0. The van der Waals surface area contributed by atoms with E-state index in [2.05, 4.69) is 125 Å². The molecule has 8 heteroatoms. The average Bonchev–Trinajstić information content (AvgIpc) is 3.26. The van der Waals surface area contributed by atoms with Gasteiger partial charge in [-0.05, 0) is 120 Å². The topological polar surface area (TPSA) is 36.9 Å². The minimum Gasteiger partial charge on any atom is -0.486 e. The van der Waals surface area contributed by atoms with Crippen LogP contribution in [0.4, 0.5) is 0 Å². The van der Waals surface area contributed by atoms with Crippen molar-refractivity contribution in [3.63, 3.8) is 0 Å². The van der Waals surface area contributed by atoms with Gasteiger partial charge in [-0.15, -0.1) is 0 Å². The van der Waals surface area contributed by atoms with Crippen LogP contribution in [0.15, 0.2) is 121 Å². The first kappa shape index (κ1) is 46.1. The molecule has 4 aromatic carbocycles. The van der Waals surface area contributed by atoms with Gasteiger partial charge in [-0.3, -0.25) is 0 Å². The Morgan fingerprint density at radius 3 is 0.754 bits per heavy atom. The second-order valence-electron chi connectivity index (χ2n) is 15.5. The summed E-state index contributed by atoms with van der Waals surface area (Å²) in [5, 5.41) is 2.17. The summed E-state index contributed by atoms with van der Waals surface area (Å²) >= 11 is 23.3. The van der Waals surface area contributed by atoms with Gasteiger partial charge in [0.1, 0.15) is 31.8 Å². The first-order valence-electron chi connectivity index (χ1n) is 20.4. The van der Waals surface area contributed by atoms with Gasteiger partial charge in [-0.25, -0.2) is 0 Å². The average molecular weight is 841 g/mol. The van der Waals surface area contributed by atoms with Crippen molar-refractivity contribution in [2.24, 2.45) is 5.41 Å². The zero-order valence-electron chi connectivity index (χ0n) is 34.1. The van der Waals surface area contributed by atoms with E-state index < -0.39 is 5.41 Å². The zero-order valence-corrected chi connectivity index (χ0v) is 37.4. The monoisotopic (exact) mass is 840 g/mol. The highest BCUT2D eigenvalue weighted by Gasteiger charge is 2.37. The van der Waals surface area contributed by atoms with Crippen LogP contribution in [0.2, 0.25) is 0 Å².